The van der Waals surface area contributed by atoms with Crippen LogP contribution in [0.4, 0.5) is 4.39 Å². The summed E-state index contributed by atoms with van der Waals surface area (Å²) in [5.41, 5.74) is -0.745. The van der Waals surface area contributed by atoms with E-state index in [0.717, 1.165) is 0 Å². The monoisotopic (exact) mass is 272 g/mol. The first-order valence-electron chi connectivity index (χ1n) is 5.56. The SMILES string of the molecule is O=C(O)C1(c2ccc(F)cc2)CCS(=O)(=O)CC1. The average Bonchev–Trinajstić information content (AvgIpc) is 2.30. The van der Waals surface area contributed by atoms with Gasteiger partial charge in [-0.25, -0.2) is 12.8 Å². The van der Waals surface area contributed by atoms with Gasteiger partial charge in [0.25, 0.3) is 0 Å². The summed E-state index contributed by atoms with van der Waals surface area (Å²) in [7, 11) is -3.14. The van der Waals surface area contributed by atoms with E-state index in [4.69, 9.17) is 0 Å². The highest BCUT2D eigenvalue weighted by molar-refractivity contribution is 7.91. The van der Waals surface area contributed by atoms with Gasteiger partial charge < -0.3 is 5.11 Å². The van der Waals surface area contributed by atoms with Crippen molar-refractivity contribution in [3.63, 3.8) is 0 Å². The van der Waals surface area contributed by atoms with E-state index in [-0.39, 0.29) is 24.3 Å². The van der Waals surface area contributed by atoms with Gasteiger partial charge in [0.1, 0.15) is 15.7 Å². The second kappa shape index (κ2) is 4.35. The fourth-order valence-electron chi connectivity index (χ4n) is 2.28. The fourth-order valence-corrected chi connectivity index (χ4v) is 3.80. The molecule has 0 spiro atoms. The normalized spacial score (nSPS) is 21.4. The Morgan fingerprint density at radius 3 is 2.11 bits per heavy atom. The largest absolute Gasteiger partial charge is 0.481 e. The lowest BCUT2D eigenvalue weighted by Crippen LogP contribution is -2.43. The molecule has 2 rings (SSSR count). The first-order chi connectivity index (χ1) is 8.36. The highest BCUT2D eigenvalue weighted by Gasteiger charge is 2.44. The highest BCUT2D eigenvalue weighted by Crippen LogP contribution is 2.36. The molecule has 1 saturated heterocycles. The maximum absolute atomic E-state index is 12.9. The van der Waals surface area contributed by atoms with Crippen LogP contribution in [-0.2, 0) is 20.0 Å². The lowest BCUT2D eigenvalue weighted by atomic mass is 9.75. The molecule has 0 unspecified atom stereocenters. The van der Waals surface area contributed by atoms with Crippen molar-refractivity contribution in [1.29, 1.82) is 0 Å². The van der Waals surface area contributed by atoms with Crippen LogP contribution < -0.4 is 0 Å². The Kier molecular flexibility index (Phi) is 3.14. The number of carboxylic acid groups (broad SMARTS) is 1. The third-order valence-corrected chi connectivity index (χ3v) is 5.14. The maximum atomic E-state index is 12.9. The standard InChI is InChI=1S/C12H13FO4S/c13-10-3-1-9(2-4-10)12(11(14)15)5-7-18(16,17)8-6-12/h1-4H,5-8H2,(H,14,15). The molecule has 1 aliphatic rings. The predicted octanol–water partition coefficient (Wildman–Crippen LogP) is 1.36. The van der Waals surface area contributed by atoms with Gasteiger partial charge in [-0.1, -0.05) is 12.1 Å². The molecule has 0 radical (unpaired) electrons. The molecule has 0 bridgehead atoms. The topological polar surface area (TPSA) is 71.4 Å². The number of halogens is 1. The van der Waals surface area contributed by atoms with Crippen LogP contribution in [-0.4, -0.2) is 31.0 Å². The van der Waals surface area contributed by atoms with Crippen LogP contribution in [0.3, 0.4) is 0 Å². The number of benzene rings is 1. The van der Waals surface area contributed by atoms with Crippen molar-refractivity contribution in [1.82, 2.24) is 0 Å². The Bertz CT molecular complexity index is 548. The van der Waals surface area contributed by atoms with Crippen LogP contribution in [0.1, 0.15) is 18.4 Å². The summed E-state index contributed by atoms with van der Waals surface area (Å²) < 4.78 is 35.6. The molecule has 98 valence electrons. The van der Waals surface area contributed by atoms with Gasteiger partial charge in [0.05, 0.1) is 16.9 Å². The Morgan fingerprint density at radius 2 is 1.67 bits per heavy atom. The zero-order valence-electron chi connectivity index (χ0n) is 9.60. The minimum atomic E-state index is -3.14. The summed E-state index contributed by atoms with van der Waals surface area (Å²) in [6.45, 7) is 0. The summed E-state index contributed by atoms with van der Waals surface area (Å²) >= 11 is 0. The van der Waals surface area contributed by atoms with Crippen LogP contribution in [0.25, 0.3) is 0 Å². The van der Waals surface area contributed by atoms with E-state index in [0.29, 0.717) is 5.56 Å². The molecule has 1 heterocycles. The van der Waals surface area contributed by atoms with Crippen molar-refractivity contribution in [2.45, 2.75) is 18.3 Å². The van der Waals surface area contributed by atoms with Gasteiger partial charge >= 0.3 is 5.97 Å². The molecule has 1 N–H and O–H groups in total. The molecule has 0 amide bonds. The van der Waals surface area contributed by atoms with Crippen LogP contribution in [0.5, 0.6) is 0 Å². The zero-order valence-corrected chi connectivity index (χ0v) is 10.4. The third-order valence-electron chi connectivity index (χ3n) is 3.49. The lowest BCUT2D eigenvalue weighted by Gasteiger charge is -2.33. The zero-order chi connectivity index (χ0) is 13.4. The average molecular weight is 272 g/mol. The van der Waals surface area contributed by atoms with E-state index < -0.39 is 27.0 Å². The van der Waals surface area contributed by atoms with Gasteiger partial charge in [-0.3, -0.25) is 4.79 Å². The van der Waals surface area contributed by atoms with E-state index in [9.17, 15) is 22.7 Å². The summed E-state index contributed by atoms with van der Waals surface area (Å²) in [5, 5.41) is 9.39. The molecule has 6 heteroatoms. The smallest absolute Gasteiger partial charge is 0.314 e. The molecule has 0 aromatic heterocycles. The minimum absolute atomic E-state index is 0.0380. The minimum Gasteiger partial charge on any atom is -0.481 e. The van der Waals surface area contributed by atoms with Gasteiger partial charge in [-0.2, -0.15) is 0 Å². The van der Waals surface area contributed by atoms with Crippen molar-refractivity contribution in [3.05, 3.63) is 35.6 Å². The number of sulfone groups is 1. The Labute approximate surface area is 104 Å². The van der Waals surface area contributed by atoms with Gasteiger partial charge in [0.15, 0.2) is 0 Å². The van der Waals surface area contributed by atoms with Gasteiger partial charge in [-0.05, 0) is 30.5 Å². The molecule has 18 heavy (non-hydrogen) atoms. The van der Waals surface area contributed by atoms with E-state index in [1.807, 2.05) is 0 Å². The molecule has 1 aromatic rings. The summed E-state index contributed by atoms with van der Waals surface area (Å²) in [5.74, 6) is -1.78. The van der Waals surface area contributed by atoms with Crippen molar-refractivity contribution in [2.75, 3.05) is 11.5 Å². The molecule has 1 aromatic carbocycles. The molecule has 4 nitrogen and oxygen atoms in total. The maximum Gasteiger partial charge on any atom is 0.314 e. The van der Waals surface area contributed by atoms with Gasteiger partial charge in [0, 0.05) is 0 Å². The number of carbonyl (C=O) groups is 1. The molecular formula is C12H13FO4S. The number of carboxylic acids is 1. The third kappa shape index (κ3) is 2.25. The molecule has 1 fully saturated rings. The molecule has 0 aliphatic carbocycles. The van der Waals surface area contributed by atoms with Crippen molar-refractivity contribution >= 4 is 15.8 Å². The second-order valence-electron chi connectivity index (χ2n) is 4.55. The first-order valence-corrected chi connectivity index (χ1v) is 7.38. The van der Waals surface area contributed by atoms with E-state index in [2.05, 4.69) is 0 Å². The van der Waals surface area contributed by atoms with Crippen LogP contribution >= 0.6 is 0 Å². The first kappa shape index (κ1) is 13.0. The number of rotatable bonds is 2. The summed E-state index contributed by atoms with van der Waals surface area (Å²) in [4.78, 5) is 11.5. The van der Waals surface area contributed by atoms with Crippen molar-refractivity contribution < 1.29 is 22.7 Å². The molecule has 0 atom stereocenters. The number of aliphatic carboxylic acids is 1. The summed E-state index contributed by atoms with van der Waals surface area (Å²) in [6, 6.07) is 5.23. The van der Waals surface area contributed by atoms with E-state index >= 15 is 0 Å². The second-order valence-corrected chi connectivity index (χ2v) is 6.85. The molecule has 1 aliphatic heterocycles. The number of hydrogen-bond acceptors (Lipinski definition) is 3. The Hall–Kier alpha value is -1.43. The Balaban J connectivity index is 2.40. The van der Waals surface area contributed by atoms with Crippen LogP contribution in [0.15, 0.2) is 24.3 Å². The summed E-state index contributed by atoms with van der Waals surface area (Å²) in [6.07, 6.45) is 0.0760. The fraction of sp³-hybridized carbons (Fsp3) is 0.417. The van der Waals surface area contributed by atoms with Gasteiger partial charge in [-0.15, -0.1) is 0 Å². The Morgan fingerprint density at radius 1 is 1.17 bits per heavy atom. The number of hydrogen-bond donors (Lipinski definition) is 1. The van der Waals surface area contributed by atoms with E-state index in [1.54, 1.807) is 0 Å². The van der Waals surface area contributed by atoms with Crippen LogP contribution in [0, 0.1) is 5.82 Å². The van der Waals surface area contributed by atoms with Crippen molar-refractivity contribution in [2.24, 2.45) is 0 Å². The lowest BCUT2D eigenvalue weighted by molar-refractivity contribution is -0.144. The molecular weight excluding hydrogens is 259 g/mol. The highest BCUT2D eigenvalue weighted by atomic mass is 32.2. The van der Waals surface area contributed by atoms with Crippen LogP contribution in [0.2, 0.25) is 0 Å². The molecule has 0 saturated carbocycles. The van der Waals surface area contributed by atoms with E-state index in [1.165, 1.54) is 24.3 Å². The quantitative estimate of drug-likeness (QED) is 0.882. The van der Waals surface area contributed by atoms with Crippen molar-refractivity contribution in [3.8, 4) is 0 Å². The van der Waals surface area contributed by atoms with Gasteiger partial charge in [0.2, 0.25) is 0 Å². The predicted molar refractivity (Wildman–Crippen MR) is 63.6 cm³/mol.